The quantitative estimate of drug-likeness (QED) is 0.929. The highest BCUT2D eigenvalue weighted by Gasteiger charge is 2.14. The summed E-state index contributed by atoms with van der Waals surface area (Å²) in [6.45, 7) is 8.08. The highest BCUT2D eigenvalue weighted by molar-refractivity contribution is 5.32. The summed E-state index contributed by atoms with van der Waals surface area (Å²) in [5.41, 5.74) is 3.15. The fourth-order valence-corrected chi connectivity index (χ4v) is 2.82. The summed E-state index contributed by atoms with van der Waals surface area (Å²) in [5, 5.41) is 12.3. The molecule has 5 heteroatoms. The second-order valence-electron chi connectivity index (χ2n) is 5.72. The monoisotopic (exact) mass is 295 g/mol. The van der Waals surface area contributed by atoms with E-state index in [1.54, 1.807) is 0 Å². The number of hydrogen-bond donors (Lipinski definition) is 1. The Morgan fingerprint density at radius 1 is 1.18 bits per heavy atom. The summed E-state index contributed by atoms with van der Waals surface area (Å²) in [5.74, 6) is 1.04. The standard InChI is InChI=1S/C17H21N5/c1-14-20-11-17(13-21-8-6-19-7-9-21)22(14)12-16-4-2-15(10-18)3-5-16/h2-5,11,19H,6-9,12-13H2,1H3. The van der Waals surface area contributed by atoms with E-state index in [0.717, 1.165) is 45.1 Å². The van der Waals surface area contributed by atoms with Gasteiger partial charge in [-0.25, -0.2) is 4.98 Å². The lowest BCUT2D eigenvalue weighted by molar-refractivity contribution is 0.228. The topological polar surface area (TPSA) is 56.9 Å². The van der Waals surface area contributed by atoms with Crippen LogP contribution < -0.4 is 5.32 Å². The van der Waals surface area contributed by atoms with Crippen LogP contribution in [0.15, 0.2) is 30.5 Å². The van der Waals surface area contributed by atoms with E-state index in [2.05, 4.69) is 25.8 Å². The number of rotatable bonds is 4. The molecule has 0 saturated carbocycles. The largest absolute Gasteiger partial charge is 0.327 e. The molecule has 0 radical (unpaired) electrons. The number of nitrogens with one attached hydrogen (secondary N) is 1. The lowest BCUT2D eigenvalue weighted by Crippen LogP contribution is -2.43. The van der Waals surface area contributed by atoms with Crippen LogP contribution in [0.5, 0.6) is 0 Å². The lowest BCUT2D eigenvalue weighted by Gasteiger charge is -2.27. The molecule has 0 bridgehead atoms. The molecule has 2 aromatic rings. The molecule has 1 aliphatic heterocycles. The molecule has 2 heterocycles. The normalized spacial score (nSPS) is 15.6. The molecule has 0 atom stereocenters. The van der Waals surface area contributed by atoms with Gasteiger partial charge in [0.15, 0.2) is 0 Å². The van der Waals surface area contributed by atoms with Crippen LogP contribution in [0.25, 0.3) is 0 Å². The van der Waals surface area contributed by atoms with Gasteiger partial charge in [0.25, 0.3) is 0 Å². The molecule has 1 saturated heterocycles. The Bertz CT molecular complexity index is 659. The summed E-state index contributed by atoms with van der Waals surface area (Å²) in [7, 11) is 0. The van der Waals surface area contributed by atoms with E-state index in [9.17, 15) is 0 Å². The van der Waals surface area contributed by atoms with Crippen molar-refractivity contribution in [2.75, 3.05) is 26.2 Å². The van der Waals surface area contributed by atoms with E-state index in [4.69, 9.17) is 5.26 Å². The Morgan fingerprint density at radius 2 is 1.91 bits per heavy atom. The van der Waals surface area contributed by atoms with Crippen LogP contribution in [0.1, 0.15) is 22.6 Å². The smallest absolute Gasteiger partial charge is 0.106 e. The molecule has 114 valence electrons. The average molecular weight is 295 g/mol. The van der Waals surface area contributed by atoms with E-state index in [-0.39, 0.29) is 0 Å². The molecule has 1 aromatic carbocycles. The van der Waals surface area contributed by atoms with Crippen molar-refractivity contribution in [3.05, 3.63) is 53.1 Å². The summed E-state index contributed by atoms with van der Waals surface area (Å²) in [6.07, 6.45) is 1.99. The Labute approximate surface area is 131 Å². The predicted molar refractivity (Wildman–Crippen MR) is 85.4 cm³/mol. The van der Waals surface area contributed by atoms with Crippen LogP contribution in [0.2, 0.25) is 0 Å². The fraction of sp³-hybridized carbons (Fsp3) is 0.412. The van der Waals surface area contributed by atoms with Gasteiger partial charge in [-0.05, 0) is 24.6 Å². The molecule has 0 aliphatic carbocycles. The maximum absolute atomic E-state index is 8.88. The van der Waals surface area contributed by atoms with Crippen LogP contribution in [-0.2, 0) is 13.1 Å². The maximum atomic E-state index is 8.88. The Balaban J connectivity index is 1.74. The van der Waals surface area contributed by atoms with Gasteiger partial charge in [-0.2, -0.15) is 5.26 Å². The van der Waals surface area contributed by atoms with Gasteiger partial charge in [0.1, 0.15) is 5.82 Å². The van der Waals surface area contributed by atoms with Crippen LogP contribution >= 0.6 is 0 Å². The van der Waals surface area contributed by atoms with E-state index in [0.29, 0.717) is 5.56 Å². The molecule has 0 spiro atoms. The van der Waals surface area contributed by atoms with Gasteiger partial charge in [0.05, 0.1) is 17.3 Å². The van der Waals surface area contributed by atoms with Crippen molar-refractivity contribution in [1.29, 1.82) is 5.26 Å². The first-order valence-corrected chi connectivity index (χ1v) is 7.69. The number of nitrogens with zero attached hydrogens (tertiary/aromatic N) is 4. The number of imidazole rings is 1. The number of benzene rings is 1. The third kappa shape index (κ3) is 3.35. The van der Waals surface area contributed by atoms with E-state index in [1.165, 1.54) is 11.3 Å². The van der Waals surface area contributed by atoms with Gasteiger partial charge in [-0.3, -0.25) is 4.90 Å². The molecule has 0 unspecified atom stereocenters. The van der Waals surface area contributed by atoms with Gasteiger partial charge in [-0.15, -0.1) is 0 Å². The third-order valence-electron chi connectivity index (χ3n) is 4.16. The fourth-order valence-electron chi connectivity index (χ4n) is 2.82. The summed E-state index contributed by atoms with van der Waals surface area (Å²) in [4.78, 5) is 6.94. The van der Waals surface area contributed by atoms with Crippen LogP contribution in [0.3, 0.4) is 0 Å². The molecular formula is C17H21N5. The van der Waals surface area contributed by atoms with Gasteiger partial charge < -0.3 is 9.88 Å². The van der Waals surface area contributed by atoms with Crippen molar-refractivity contribution < 1.29 is 0 Å². The van der Waals surface area contributed by atoms with Gasteiger partial charge in [-0.1, -0.05) is 12.1 Å². The second kappa shape index (κ2) is 6.73. The van der Waals surface area contributed by atoms with E-state index < -0.39 is 0 Å². The van der Waals surface area contributed by atoms with Crippen molar-refractivity contribution in [2.24, 2.45) is 0 Å². The van der Waals surface area contributed by atoms with Crippen LogP contribution in [0, 0.1) is 18.3 Å². The van der Waals surface area contributed by atoms with Gasteiger partial charge >= 0.3 is 0 Å². The third-order valence-corrected chi connectivity index (χ3v) is 4.16. The molecule has 1 aromatic heterocycles. The first-order chi connectivity index (χ1) is 10.8. The molecular weight excluding hydrogens is 274 g/mol. The summed E-state index contributed by atoms with van der Waals surface area (Å²) < 4.78 is 2.27. The zero-order valence-electron chi connectivity index (χ0n) is 12.9. The minimum Gasteiger partial charge on any atom is -0.327 e. The van der Waals surface area contributed by atoms with Crippen LogP contribution in [-0.4, -0.2) is 40.6 Å². The van der Waals surface area contributed by atoms with Crippen molar-refractivity contribution >= 4 is 0 Å². The Morgan fingerprint density at radius 3 is 2.59 bits per heavy atom. The molecule has 1 N–H and O–H groups in total. The first-order valence-electron chi connectivity index (χ1n) is 7.69. The second-order valence-corrected chi connectivity index (χ2v) is 5.72. The summed E-state index contributed by atoms with van der Waals surface area (Å²) >= 11 is 0. The number of hydrogen-bond acceptors (Lipinski definition) is 4. The average Bonchev–Trinajstić information content (AvgIpc) is 2.90. The number of aryl methyl sites for hydroxylation is 1. The number of piperazine rings is 1. The van der Waals surface area contributed by atoms with Crippen molar-refractivity contribution in [3.63, 3.8) is 0 Å². The van der Waals surface area contributed by atoms with E-state index >= 15 is 0 Å². The highest BCUT2D eigenvalue weighted by Crippen LogP contribution is 2.13. The SMILES string of the molecule is Cc1ncc(CN2CCNCC2)n1Cc1ccc(C#N)cc1. The van der Waals surface area contributed by atoms with Crippen molar-refractivity contribution in [2.45, 2.75) is 20.0 Å². The molecule has 1 fully saturated rings. The molecule has 0 amide bonds. The number of nitriles is 1. The van der Waals surface area contributed by atoms with Gasteiger partial charge in [0, 0.05) is 45.5 Å². The Kier molecular flexibility index (Phi) is 4.52. The zero-order valence-corrected chi connectivity index (χ0v) is 12.9. The maximum Gasteiger partial charge on any atom is 0.106 e. The highest BCUT2D eigenvalue weighted by atomic mass is 15.2. The van der Waals surface area contributed by atoms with E-state index in [1.807, 2.05) is 37.4 Å². The van der Waals surface area contributed by atoms with Crippen LogP contribution in [0.4, 0.5) is 0 Å². The molecule has 3 rings (SSSR count). The first kappa shape index (κ1) is 14.8. The lowest BCUT2D eigenvalue weighted by atomic mass is 10.1. The number of aromatic nitrogens is 2. The van der Waals surface area contributed by atoms with Gasteiger partial charge in [0.2, 0.25) is 0 Å². The molecule has 1 aliphatic rings. The summed E-state index contributed by atoms with van der Waals surface area (Å²) in [6, 6.07) is 9.94. The predicted octanol–water partition coefficient (Wildman–Crippen LogP) is 1.52. The van der Waals surface area contributed by atoms with Crippen molar-refractivity contribution in [3.8, 4) is 6.07 Å². The zero-order chi connectivity index (χ0) is 15.4. The minimum absolute atomic E-state index is 0.701. The minimum atomic E-state index is 0.701. The van der Waals surface area contributed by atoms with Crippen molar-refractivity contribution in [1.82, 2.24) is 19.8 Å². The molecule has 5 nitrogen and oxygen atoms in total. The molecule has 22 heavy (non-hydrogen) atoms. The Hall–Kier alpha value is -2.16.